The predicted molar refractivity (Wildman–Crippen MR) is 176 cm³/mol. The summed E-state index contributed by atoms with van der Waals surface area (Å²) in [7, 11) is 0. The summed E-state index contributed by atoms with van der Waals surface area (Å²) in [5, 5.41) is 6.38. The summed E-state index contributed by atoms with van der Waals surface area (Å²) in [4.78, 5) is 20.6. The summed E-state index contributed by atoms with van der Waals surface area (Å²) < 4.78 is 13.9. The molecular formula is C37H42FN5O. The second kappa shape index (κ2) is 14.6. The molecule has 2 amide bonds. The Labute approximate surface area is 260 Å². The van der Waals surface area contributed by atoms with Gasteiger partial charge in [0, 0.05) is 70.6 Å². The molecule has 44 heavy (non-hydrogen) atoms. The number of benzene rings is 4. The predicted octanol–water partition coefficient (Wildman–Crippen LogP) is 6.60. The molecule has 2 fully saturated rings. The number of carbonyl (C=O) groups is 1. The van der Waals surface area contributed by atoms with Crippen molar-refractivity contribution >= 4 is 11.7 Å². The average molecular weight is 592 g/mol. The molecule has 2 aliphatic heterocycles. The summed E-state index contributed by atoms with van der Waals surface area (Å²) in [5.41, 5.74) is 6.55. The molecule has 0 aromatic heterocycles. The standard InChI is InChI=1S/C37H42FN5O/c38-34-10-5-11-35(25-34)40-37(44)43(36-16-20-41(21-17-36)26-29-6-2-1-3-7-29)28-30-12-14-32(15-13-30)33-9-4-8-31(24-33)27-42-22-18-39-19-23-42/h1-15,24-25,36,39H,16-23,26-28H2,(H,40,44). The first kappa shape index (κ1) is 30.0. The second-order valence-electron chi connectivity index (χ2n) is 12.0. The fourth-order valence-electron chi connectivity index (χ4n) is 6.33. The number of halogens is 1. The fraction of sp³-hybridized carbons (Fsp3) is 0.324. The van der Waals surface area contributed by atoms with Crippen molar-refractivity contribution in [2.24, 2.45) is 0 Å². The van der Waals surface area contributed by atoms with E-state index in [9.17, 15) is 9.18 Å². The highest BCUT2D eigenvalue weighted by Gasteiger charge is 2.28. The Morgan fingerprint density at radius 3 is 2.16 bits per heavy atom. The van der Waals surface area contributed by atoms with Gasteiger partial charge in [0.1, 0.15) is 5.82 Å². The van der Waals surface area contributed by atoms with Gasteiger partial charge in [0.2, 0.25) is 0 Å². The van der Waals surface area contributed by atoms with Crippen molar-refractivity contribution in [1.29, 1.82) is 0 Å². The number of nitrogens with one attached hydrogen (secondary N) is 2. The topological polar surface area (TPSA) is 50.9 Å². The molecule has 0 aliphatic carbocycles. The number of nitrogens with zero attached hydrogens (tertiary/aromatic N) is 3. The van der Waals surface area contributed by atoms with Crippen LogP contribution in [0.1, 0.15) is 29.5 Å². The highest BCUT2D eigenvalue weighted by atomic mass is 19.1. The van der Waals surface area contributed by atoms with Crippen molar-refractivity contribution in [2.75, 3.05) is 44.6 Å². The molecule has 2 N–H and O–H groups in total. The normalized spacial score (nSPS) is 16.5. The number of hydrogen-bond acceptors (Lipinski definition) is 4. The third kappa shape index (κ3) is 8.11. The molecule has 2 heterocycles. The van der Waals surface area contributed by atoms with Crippen molar-refractivity contribution in [3.63, 3.8) is 0 Å². The first-order valence-corrected chi connectivity index (χ1v) is 15.8. The van der Waals surface area contributed by atoms with E-state index in [2.05, 4.69) is 93.2 Å². The third-order valence-electron chi connectivity index (χ3n) is 8.77. The summed E-state index contributed by atoms with van der Waals surface area (Å²) in [5.74, 6) is -0.365. The van der Waals surface area contributed by atoms with E-state index in [0.29, 0.717) is 12.2 Å². The highest BCUT2D eigenvalue weighted by molar-refractivity contribution is 5.89. The highest BCUT2D eigenvalue weighted by Crippen LogP contribution is 2.25. The minimum Gasteiger partial charge on any atom is -0.317 e. The number of urea groups is 1. The molecule has 228 valence electrons. The Morgan fingerprint density at radius 2 is 1.41 bits per heavy atom. The minimum atomic E-state index is -0.365. The molecule has 0 bridgehead atoms. The first-order chi connectivity index (χ1) is 21.6. The molecule has 4 aromatic carbocycles. The van der Waals surface area contributed by atoms with Crippen LogP contribution in [0.3, 0.4) is 0 Å². The van der Waals surface area contributed by atoms with Crippen molar-refractivity contribution < 1.29 is 9.18 Å². The molecule has 0 radical (unpaired) electrons. The van der Waals surface area contributed by atoms with E-state index in [0.717, 1.165) is 70.8 Å². The Bertz CT molecular complexity index is 1500. The van der Waals surface area contributed by atoms with Crippen LogP contribution in [0.2, 0.25) is 0 Å². The second-order valence-corrected chi connectivity index (χ2v) is 12.0. The van der Waals surface area contributed by atoms with Crippen molar-refractivity contribution in [3.05, 3.63) is 126 Å². The molecule has 6 nitrogen and oxygen atoms in total. The lowest BCUT2D eigenvalue weighted by Crippen LogP contribution is -2.48. The van der Waals surface area contributed by atoms with Gasteiger partial charge in [-0.15, -0.1) is 0 Å². The van der Waals surface area contributed by atoms with Gasteiger partial charge in [0.05, 0.1) is 0 Å². The van der Waals surface area contributed by atoms with E-state index in [1.165, 1.54) is 34.4 Å². The van der Waals surface area contributed by atoms with Crippen LogP contribution in [0.25, 0.3) is 11.1 Å². The number of rotatable bonds is 9. The maximum Gasteiger partial charge on any atom is 0.322 e. The summed E-state index contributed by atoms with van der Waals surface area (Å²) in [6.45, 7) is 8.47. The van der Waals surface area contributed by atoms with Crippen LogP contribution in [-0.2, 0) is 19.6 Å². The smallest absolute Gasteiger partial charge is 0.317 e. The van der Waals surface area contributed by atoms with Gasteiger partial charge in [0.25, 0.3) is 0 Å². The molecular weight excluding hydrogens is 549 g/mol. The largest absolute Gasteiger partial charge is 0.322 e. The van der Waals surface area contributed by atoms with Crippen molar-refractivity contribution in [1.82, 2.24) is 20.0 Å². The van der Waals surface area contributed by atoms with Gasteiger partial charge in [-0.3, -0.25) is 9.80 Å². The van der Waals surface area contributed by atoms with Crippen LogP contribution < -0.4 is 10.6 Å². The zero-order chi connectivity index (χ0) is 30.1. The van der Waals surface area contributed by atoms with E-state index in [-0.39, 0.29) is 17.9 Å². The van der Waals surface area contributed by atoms with Gasteiger partial charge < -0.3 is 15.5 Å². The van der Waals surface area contributed by atoms with Gasteiger partial charge >= 0.3 is 6.03 Å². The van der Waals surface area contributed by atoms with Crippen LogP contribution in [0, 0.1) is 5.82 Å². The average Bonchev–Trinajstić information content (AvgIpc) is 3.05. The molecule has 0 unspecified atom stereocenters. The molecule has 2 aliphatic rings. The summed E-state index contributed by atoms with van der Waals surface area (Å²) in [6, 6.07) is 33.9. The number of piperidine rings is 1. The van der Waals surface area contributed by atoms with Crippen LogP contribution >= 0.6 is 0 Å². The van der Waals surface area contributed by atoms with Crippen molar-refractivity contribution in [2.45, 2.75) is 38.5 Å². The maximum absolute atomic E-state index is 13.9. The van der Waals surface area contributed by atoms with Gasteiger partial charge in [-0.2, -0.15) is 0 Å². The lowest BCUT2D eigenvalue weighted by Gasteiger charge is -2.38. The Morgan fingerprint density at radius 1 is 0.727 bits per heavy atom. The maximum atomic E-state index is 13.9. The van der Waals surface area contributed by atoms with Crippen LogP contribution in [0.4, 0.5) is 14.9 Å². The fourth-order valence-corrected chi connectivity index (χ4v) is 6.33. The molecule has 7 heteroatoms. The molecule has 2 saturated heterocycles. The number of carbonyl (C=O) groups excluding carboxylic acids is 1. The lowest BCUT2D eigenvalue weighted by atomic mass is 9.99. The summed E-state index contributed by atoms with van der Waals surface area (Å²) in [6.07, 6.45) is 1.78. The molecule has 6 rings (SSSR count). The molecule has 0 saturated carbocycles. The van der Waals surface area contributed by atoms with Crippen LogP contribution in [0.15, 0.2) is 103 Å². The van der Waals surface area contributed by atoms with E-state index in [1.54, 1.807) is 12.1 Å². The molecule has 4 aromatic rings. The third-order valence-corrected chi connectivity index (χ3v) is 8.77. The van der Waals surface area contributed by atoms with Gasteiger partial charge in [-0.05, 0) is 64.9 Å². The number of likely N-dealkylation sites (tertiary alicyclic amines) is 1. The van der Waals surface area contributed by atoms with Crippen LogP contribution in [0.5, 0.6) is 0 Å². The van der Waals surface area contributed by atoms with E-state index in [4.69, 9.17) is 0 Å². The van der Waals surface area contributed by atoms with E-state index in [1.807, 2.05) is 11.0 Å². The zero-order valence-corrected chi connectivity index (χ0v) is 25.3. The number of hydrogen-bond donors (Lipinski definition) is 2. The quantitative estimate of drug-likeness (QED) is 0.230. The Kier molecular flexibility index (Phi) is 9.97. The number of anilines is 1. The lowest BCUT2D eigenvalue weighted by molar-refractivity contribution is 0.120. The van der Waals surface area contributed by atoms with Crippen LogP contribution in [-0.4, -0.2) is 66.0 Å². The van der Waals surface area contributed by atoms with E-state index < -0.39 is 0 Å². The minimum absolute atomic E-state index is 0.0944. The zero-order valence-electron chi connectivity index (χ0n) is 25.3. The SMILES string of the molecule is O=C(Nc1cccc(F)c1)N(Cc1ccc(-c2cccc(CN3CCNCC3)c2)cc1)C1CCN(Cc2ccccc2)CC1. The Hall–Kier alpha value is -4.04. The first-order valence-electron chi connectivity index (χ1n) is 15.8. The van der Waals surface area contributed by atoms with Gasteiger partial charge in [-0.25, -0.2) is 9.18 Å². The number of piperazine rings is 1. The van der Waals surface area contributed by atoms with Gasteiger partial charge in [0.15, 0.2) is 0 Å². The molecule has 0 spiro atoms. The summed E-state index contributed by atoms with van der Waals surface area (Å²) >= 11 is 0. The Balaban J connectivity index is 1.14. The monoisotopic (exact) mass is 591 g/mol. The number of amides is 2. The molecule has 0 atom stereocenters. The van der Waals surface area contributed by atoms with Crippen molar-refractivity contribution in [3.8, 4) is 11.1 Å². The van der Waals surface area contributed by atoms with Gasteiger partial charge in [-0.1, -0.05) is 78.9 Å². The van der Waals surface area contributed by atoms with E-state index >= 15 is 0 Å².